The summed E-state index contributed by atoms with van der Waals surface area (Å²) in [6, 6.07) is -0.768. The summed E-state index contributed by atoms with van der Waals surface area (Å²) >= 11 is 0. The van der Waals surface area contributed by atoms with Gasteiger partial charge in [0.15, 0.2) is 5.82 Å². The molecular weight excluding hydrogens is 238 g/mol. The van der Waals surface area contributed by atoms with Crippen molar-refractivity contribution < 1.29 is 14.7 Å². The smallest absolute Gasteiger partial charge is 0.303 e. The Balaban J connectivity index is 1.92. The second-order valence-electron chi connectivity index (χ2n) is 4.24. The Bertz CT molecular complexity index is 458. The molecule has 2 heterocycles. The number of hydrogen-bond donors (Lipinski definition) is 2. The fraction of sp³-hybridized carbons (Fsp3) is 0.600. The van der Waals surface area contributed by atoms with E-state index in [2.05, 4.69) is 10.2 Å². The Morgan fingerprint density at radius 2 is 2.28 bits per heavy atom. The molecule has 0 radical (unpaired) electrons. The van der Waals surface area contributed by atoms with Crippen LogP contribution in [0.1, 0.15) is 18.7 Å². The molecule has 0 fully saturated rings. The van der Waals surface area contributed by atoms with E-state index in [0.29, 0.717) is 19.6 Å². The first-order chi connectivity index (χ1) is 8.58. The van der Waals surface area contributed by atoms with E-state index in [1.165, 1.54) is 0 Å². The van der Waals surface area contributed by atoms with Crippen LogP contribution in [0.5, 0.6) is 0 Å². The van der Waals surface area contributed by atoms with Crippen molar-refractivity contribution in [2.24, 2.45) is 5.73 Å². The number of aliphatic carboxylic acids is 1. The first kappa shape index (κ1) is 12.5. The molecule has 1 atom stereocenters. The lowest BCUT2D eigenvalue weighted by Crippen LogP contribution is -2.47. The number of aromatic nitrogens is 3. The minimum atomic E-state index is -0.948. The van der Waals surface area contributed by atoms with Gasteiger partial charge in [-0.1, -0.05) is 0 Å². The lowest BCUT2D eigenvalue weighted by Gasteiger charge is -2.29. The quantitative estimate of drug-likeness (QED) is 0.697. The average molecular weight is 253 g/mol. The van der Waals surface area contributed by atoms with Gasteiger partial charge in [-0.15, -0.1) is 10.2 Å². The molecule has 98 valence electrons. The summed E-state index contributed by atoms with van der Waals surface area (Å²) in [6.07, 6.45) is 1.68. The molecule has 0 saturated heterocycles. The highest BCUT2D eigenvalue weighted by Crippen LogP contribution is 2.11. The summed E-state index contributed by atoms with van der Waals surface area (Å²) in [5, 5.41) is 16.2. The predicted molar refractivity (Wildman–Crippen MR) is 60.3 cm³/mol. The van der Waals surface area contributed by atoms with Gasteiger partial charge in [0.25, 0.3) is 0 Å². The van der Waals surface area contributed by atoms with Crippen LogP contribution in [0.2, 0.25) is 0 Å². The Morgan fingerprint density at radius 3 is 3.00 bits per heavy atom. The summed E-state index contributed by atoms with van der Waals surface area (Å²) in [5.74, 6) is -0.456. The SMILES string of the molecule is NC(CCC(=O)O)C(=O)N1CCn2cnnc2C1. The molecule has 2 rings (SSSR count). The van der Waals surface area contributed by atoms with Gasteiger partial charge in [0.2, 0.25) is 5.91 Å². The van der Waals surface area contributed by atoms with E-state index in [1.807, 2.05) is 4.57 Å². The van der Waals surface area contributed by atoms with Gasteiger partial charge >= 0.3 is 5.97 Å². The third kappa shape index (κ3) is 2.65. The largest absolute Gasteiger partial charge is 0.481 e. The normalized spacial score (nSPS) is 16.2. The minimum absolute atomic E-state index is 0.100. The van der Waals surface area contributed by atoms with Gasteiger partial charge in [-0.3, -0.25) is 9.59 Å². The number of amides is 1. The average Bonchev–Trinajstić information content (AvgIpc) is 2.81. The van der Waals surface area contributed by atoms with Crippen LogP contribution >= 0.6 is 0 Å². The van der Waals surface area contributed by atoms with Gasteiger partial charge < -0.3 is 20.3 Å². The summed E-state index contributed by atoms with van der Waals surface area (Å²) < 4.78 is 1.88. The van der Waals surface area contributed by atoms with Crippen molar-refractivity contribution in [2.45, 2.75) is 32.0 Å². The number of hydrogen-bond acceptors (Lipinski definition) is 5. The number of rotatable bonds is 4. The maximum Gasteiger partial charge on any atom is 0.303 e. The van der Waals surface area contributed by atoms with E-state index >= 15 is 0 Å². The zero-order chi connectivity index (χ0) is 13.1. The Labute approximate surface area is 103 Å². The van der Waals surface area contributed by atoms with Crippen molar-refractivity contribution in [1.82, 2.24) is 19.7 Å². The van der Waals surface area contributed by atoms with Crippen molar-refractivity contribution in [1.29, 1.82) is 0 Å². The molecule has 1 aliphatic heterocycles. The fourth-order valence-electron chi connectivity index (χ4n) is 1.89. The van der Waals surface area contributed by atoms with Gasteiger partial charge in [0.1, 0.15) is 6.33 Å². The third-order valence-electron chi connectivity index (χ3n) is 2.94. The van der Waals surface area contributed by atoms with Crippen molar-refractivity contribution >= 4 is 11.9 Å². The topological polar surface area (TPSA) is 114 Å². The molecule has 18 heavy (non-hydrogen) atoms. The Hall–Kier alpha value is -1.96. The second-order valence-corrected chi connectivity index (χ2v) is 4.24. The molecule has 1 aromatic heterocycles. The lowest BCUT2D eigenvalue weighted by atomic mass is 10.1. The first-order valence-electron chi connectivity index (χ1n) is 5.71. The number of nitrogens with zero attached hydrogens (tertiary/aromatic N) is 4. The van der Waals surface area contributed by atoms with Crippen LogP contribution in [0.25, 0.3) is 0 Å². The van der Waals surface area contributed by atoms with Crippen LogP contribution < -0.4 is 5.73 Å². The van der Waals surface area contributed by atoms with Crippen LogP contribution in [0.3, 0.4) is 0 Å². The van der Waals surface area contributed by atoms with E-state index in [-0.39, 0.29) is 18.7 Å². The summed E-state index contributed by atoms with van der Waals surface area (Å²) in [4.78, 5) is 24.0. The summed E-state index contributed by atoms with van der Waals surface area (Å²) in [5.41, 5.74) is 5.69. The molecule has 1 aromatic rings. The van der Waals surface area contributed by atoms with E-state index in [4.69, 9.17) is 10.8 Å². The molecule has 8 nitrogen and oxygen atoms in total. The van der Waals surface area contributed by atoms with Crippen LogP contribution in [-0.4, -0.2) is 49.2 Å². The Kier molecular flexibility index (Phi) is 3.56. The Morgan fingerprint density at radius 1 is 1.50 bits per heavy atom. The van der Waals surface area contributed by atoms with Crippen LogP contribution in [0, 0.1) is 0 Å². The number of carbonyl (C=O) groups is 2. The van der Waals surface area contributed by atoms with Crippen molar-refractivity contribution in [3.8, 4) is 0 Å². The van der Waals surface area contributed by atoms with Gasteiger partial charge in [-0.2, -0.15) is 0 Å². The summed E-state index contributed by atoms with van der Waals surface area (Å²) in [7, 11) is 0. The van der Waals surface area contributed by atoms with E-state index < -0.39 is 12.0 Å². The molecule has 0 bridgehead atoms. The molecule has 0 aliphatic carbocycles. The maximum atomic E-state index is 12.0. The molecular formula is C10H15N5O3. The van der Waals surface area contributed by atoms with Crippen LogP contribution in [0.15, 0.2) is 6.33 Å². The highest BCUT2D eigenvalue weighted by atomic mass is 16.4. The van der Waals surface area contributed by atoms with Crippen LogP contribution in [0.4, 0.5) is 0 Å². The summed E-state index contributed by atoms with van der Waals surface area (Å²) in [6.45, 7) is 1.56. The maximum absolute atomic E-state index is 12.0. The molecule has 1 amide bonds. The van der Waals surface area contributed by atoms with E-state index in [1.54, 1.807) is 11.2 Å². The van der Waals surface area contributed by atoms with Gasteiger partial charge in [-0.05, 0) is 6.42 Å². The molecule has 1 aliphatic rings. The number of carboxylic acid groups (broad SMARTS) is 1. The highest BCUT2D eigenvalue weighted by molar-refractivity contribution is 5.82. The standard InChI is InChI=1S/C10H15N5O3/c11-7(1-2-9(16)17)10(18)14-3-4-15-6-12-13-8(15)5-14/h6-7H,1-5,11H2,(H,16,17). The number of carbonyl (C=O) groups excluding carboxylic acids is 1. The van der Waals surface area contributed by atoms with E-state index in [0.717, 1.165) is 5.82 Å². The molecule has 3 N–H and O–H groups in total. The fourth-order valence-corrected chi connectivity index (χ4v) is 1.89. The predicted octanol–water partition coefficient (Wildman–Crippen LogP) is -1.19. The second kappa shape index (κ2) is 5.13. The third-order valence-corrected chi connectivity index (χ3v) is 2.94. The van der Waals surface area contributed by atoms with E-state index in [9.17, 15) is 9.59 Å². The lowest BCUT2D eigenvalue weighted by molar-refractivity contribution is -0.138. The zero-order valence-electron chi connectivity index (χ0n) is 9.82. The molecule has 0 aromatic carbocycles. The number of nitrogens with two attached hydrogens (primary N) is 1. The number of fused-ring (bicyclic) bond motifs is 1. The molecule has 0 spiro atoms. The molecule has 1 unspecified atom stereocenters. The minimum Gasteiger partial charge on any atom is -0.481 e. The van der Waals surface area contributed by atoms with Gasteiger partial charge in [0, 0.05) is 19.5 Å². The molecule has 0 saturated carbocycles. The zero-order valence-corrected chi connectivity index (χ0v) is 9.82. The van der Waals surface area contributed by atoms with Crippen LogP contribution in [-0.2, 0) is 22.7 Å². The van der Waals surface area contributed by atoms with Crippen molar-refractivity contribution in [3.63, 3.8) is 0 Å². The molecule has 8 heteroatoms. The monoisotopic (exact) mass is 253 g/mol. The van der Waals surface area contributed by atoms with Gasteiger partial charge in [0.05, 0.1) is 12.6 Å². The van der Waals surface area contributed by atoms with Crippen molar-refractivity contribution in [2.75, 3.05) is 6.54 Å². The first-order valence-corrected chi connectivity index (χ1v) is 5.71. The highest BCUT2D eigenvalue weighted by Gasteiger charge is 2.26. The number of carboxylic acids is 1. The van der Waals surface area contributed by atoms with Gasteiger partial charge in [-0.25, -0.2) is 0 Å². The van der Waals surface area contributed by atoms with Crippen molar-refractivity contribution in [3.05, 3.63) is 12.2 Å².